The molecule has 0 aliphatic carbocycles. The Hall–Kier alpha value is -1.43. The van der Waals surface area contributed by atoms with Crippen molar-refractivity contribution in [1.82, 2.24) is 15.1 Å². The summed E-state index contributed by atoms with van der Waals surface area (Å²) < 4.78 is 3.08. The Morgan fingerprint density at radius 1 is 1.15 bits per heavy atom. The average molecular weight is 348 g/mol. The van der Waals surface area contributed by atoms with Crippen LogP contribution < -0.4 is 5.32 Å². The molecule has 1 aromatic carbocycles. The van der Waals surface area contributed by atoms with Crippen LogP contribution in [0.3, 0.4) is 0 Å². The second-order valence-electron chi connectivity index (χ2n) is 4.37. The minimum Gasteiger partial charge on any atom is -0.308 e. The molecule has 0 atom stereocenters. The van der Waals surface area contributed by atoms with Gasteiger partial charge in [0.15, 0.2) is 0 Å². The molecule has 0 amide bonds. The molecule has 3 rings (SSSR count). The summed E-state index contributed by atoms with van der Waals surface area (Å²) >= 11 is 5.31. The van der Waals surface area contributed by atoms with Crippen LogP contribution in [0, 0.1) is 0 Å². The van der Waals surface area contributed by atoms with E-state index in [1.165, 1.54) is 14.9 Å². The number of rotatable bonds is 5. The van der Waals surface area contributed by atoms with E-state index in [9.17, 15) is 0 Å². The van der Waals surface area contributed by atoms with Crippen molar-refractivity contribution in [2.45, 2.75) is 13.1 Å². The molecule has 0 unspecified atom stereocenters. The van der Waals surface area contributed by atoms with Gasteiger partial charge in [-0.3, -0.25) is 0 Å². The summed E-state index contributed by atoms with van der Waals surface area (Å²) in [4.78, 5) is 1.32. The quantitative estimate of drug-likeness (QED) is 0.756. The summed E-state index contributed by atoms with van der Waals surface area (Å²) in [6.45, 7) is 1.69. The van der Waals surface area contributed by atoms with Crippen molar-refractivity contribution in [1.29, 1.82) is 0 Å². The normalized spacial score (nSPS) is 10.8. The van der Waals surface area contributed by atoms with Crippen LogP contribution in [0.25, 0.3) is 5.69 Å². The van der Waals surface area contributed by atoms with E-state index in [4.69, 9.17) is 0 Å². The molecule has 0 saturated carbocycles. The van der Waals surface area contributed by atoms with Crippen molar-refractivity contribution in [2.24, 2.45) is 0 Å². The van der Waals surface area contributed by atoms with Gasteiger partial charge in [-0.25, -0.2) is 4.68 Å². The molecule has 102 valence electrons. The van der Waals surface area contributed by atoms with Gasteiger partial charge in [0.05, 0.1) is 5.69 Å². The third-order valence-corrected chi connectivity index (χ3v) is 4.96. The largest absolute Gasteiger partial charge is 0.308 e. The highest BCUT2D eigenvalue weighted by molar-refractivity contribution is 9.10. The van der Waals surface area contributed by atoms with Crippen LogP contribution in [-0.4, -0.2) is 9.78 Å². The molecule has 20 heavy (non-hydrogen) atoms. The van der Waals surface area contributed by atoms with Crippen molar-refractivity contribution in [3.05, 3.63) is 69.1 Å². The second kappa shape index (κ2) is 6.35. The number of aromatic nitrogens is 2. The first-order chi connectivity index (χ1) is 9.84. The Kier molecular flexibility index (Phi) is 4.30. The maximum Gasteiger partial charge on any atom is 0.0690 e. The first kappa shape index (κ1) is 13.5. The van der Waals surface area contributed by atoms with Gasteiger partial charge in [-0.2, -0.15) is 5.10 Å². The average Bonchev–Trinajstić information content (AvgIpc) is 3.12. The molecule has 0 spiro atoms. The second-order valence-corrected chi connectivity index (χ2v) is 6.23. The Morgan fingerprint density at radius 3 is 2.80 bits per heavy atom. The summed E-state index contributed by atoms with van der Waals surface area (Å²) in [5.74, 6) is 0. The molecule has 3 nitrogen and oxygen atoms in total. The highest BCUT2D eigenvalue weighted by Gasteiger charge is 2.05. The van der Waals surface area contributed by atoms with Crippen molar-refractivity contribution in [2.75, 3.05) is 0 Å². The van der Waals surface area contributed by atoms with Crippen molar-refractivity contribution >= 4 is 27.3 Å². The number of hydrogen-bond acceptors (Lipinski definition) is 3. The van der Waals surface area contributed by atoms with Gasteiger partial charge in [0, 0.05) is 34.8 Å². The number of halogens is 1. The van der Waals surface area contributed by atoms with E-state index in [0.29, 0.717) is 0 Å². The topological polar surface area (TPSA) is 29.9 Å². The number of hydrogen-bond donors (Lipinski definition) is 1. The third-order valence-electron chi connectivity index (χ3n) is 3.03. The molecule has 0 aliphatic rings. The summed E-state index contributed by atoms with van der Waals surface area (Å²) in [6.07, 6.45) is 3.77. The molecule has 2 heterocycles. The standard InChI is InChI=1S/C15H14BrN3S/c16-13-6-9-20-15(13)11-17-10-12-4-1-2-5-14(12)19-8-3-7-18-19/h1-9,17H,10-11H2. The highest BCUT2D eigenvalue weighted by atomic mass is 79.9. The lowest BCUT2D eigenvalue weighted by atomic mass is 10.2. The Morgan fingerprint density at radius 2 is 2.05 bits per heavy atom. The minimum atomic E-state index is 0.820. The minimum absolute atomic E-state index is 0.820. The van der Waals surface area contributed by atoms with Gasteiger partial charge in [-0.05, 0) is 45.1 Å². The van der Waals surface area contributed by atoms with Gasteiger partial charge in [-0.1, -0.05) is 18.2 Å². The molecule has 3 aromatic rings. The lowest BCUT2D eigenvalue weighted by Crippen LogP contribution is -2.14. The maximum absolute atomic E-state index is 4.30. The molecule has 0 radical (unpaired) electrons. The van der Waals surface area contributed by atoms with Crippen LogP contribution in [0.2, 0.25) is 0 Å². The Labute approximate surface area is 130 Å². The van der Waals surface area contributed by atoms with Crippen LogP contribution in [0.4, 0.5) is 0 Å². The fraction of sp³-hybridized carbons (Fsp3) is 0.133. The number of para-hydroxylation sites is 1. The molecular formula is C15H14BrN3S. The van der Waals surface area contributed by atoms with E-state index < -0.39 is 0 Å². The number of nitrogens with zero attached hydrogens (tertiary/aromatic N) is 2. The number of nitrogens with one attached hydrogen (secondary N) is 1. The molecule has 5 heteroatoms. The summed E-state index contributed by atoms with van der Waals surface area (Å²) in [6, 6.07) is 12.3. The molecule has 0 bridgehead atoms. The zero-order chi connectivity index (χ0) is 13.8. The first-order valence-electron chi connectivity index (χ1n) is 6.35. The number of benzene rings is 1. The van der Waals surface area contributed by atoms with E-state index >= 15 is 0 Å². The zero-order valence-corrected chi connectivity index (χ0v) is 13.2. The monoisotopic (exact) mass is 347 g/mol. The zero-order valence-electron chi connectivity index (χ0n) is 10.8. The summed E-state index contributed by atoms with van der Waals surface area (Å²) in [5, 5.41) is 9.89. The van der Waals surface area contributed by atoms with Gasteiger partial charge in [0.2, 0.25) is 0 Å². The van der Waals surface area contributed by atoms with E-state index in [-0.39, 0.29) is 0 Å². The molecule has 0 saturated heterocycles. The van der Waals surface area contributed by atoms with Crippen LogP contribution in [0.5, 0.6) is 0 Å². The molecule has 0 aliphatic heterocycles. The van der Waals surface area contributed by atoms with Crippen molar-refractivity contribution < 1.29 is 0 Å². The summed E-state index contributed by atoms with van der Waals surface area (Å²) in [5.41, 5.74) is 2.36. The lowest BCUT2D eigenvalue weighted by molar-refractivity contribution is 0.692. The molecule has 0 fully saturated rings. The molecule has 2 aromatic heterocycles. The highest BCUT2D eigenvalue weighted by Crippen LogP contribution is 2.22. The van der Waals surface area contributed by atoms with Crippen molar-refractivity contribution in [3.63, 3.8) is 0 Å². The lowest BCUT2D eigenvalue weighted by Gasteiger charge is -2.10. The van der Waals surface area contributed by atoms with E-state index in [1.54, 1.807) is 17.5 Å². The first-order valence-corrected chi connectivity index (χ1v) is 8.02. The van der Waals surface area contributed by atoms with E-state index in [2.05, 4.69) is 56.0 Å². The Balaban J connectivity index is 1.70. The van der Waals surface area contributed by atoms with Crippen LogP contribution in [0.1, 0.15) is 10.4 Å². The molecular weight excluding hydrogens is 334 g/mol. The van der Waals surface area contributed by atoms with Gasteiger partial charge in [-0.15, -0.1) is 11.3 Å². The van der Waals surface area contributed by atoms with Gasteiger partial charge >= 0.3 is 0 Å². The van der Waals surface area contributed by atoms with Crippen LogP contribution in [0.15, 0.2) is 58.6 Å². The smallest absolute Gasteiger partial charge is 0.0690 e. The summed E-state index contributed by atoms with van der Waals surface area (Å²) in [7, 11) is 0. The van der Waals surface area contributed by atoms with Gasteiger partial charge < -0.3 is 5.32 Å². The Bertz CT molecular complexity index is 676. The van der Waals surface area contributed by atoms with Gasteiger partial charge in [0.25, 0.3) is 0 Å². The van der Waals surface area contributed by atoms with Crippen molar-refractivity contribution in [3.8, 4) is 5.69 Å². The third kappa shape index (κ3) is 3.00. The van der Waals surface area contributed by atoms with Crippen LogP contribution >= 0.6 is 27.3 Å². The van der Waals surface area contributed by atoms with E-state index in [0.717, 1.165) is 18.8 Å². The fourth-order valence-corrected chi connectivity index (χ4v) is 3.52. The van der Waals surface area contributed by atoms with E-state index in [1.807, 2.05) is 23.0 Å². The predicted molar refractivity (Wildman–Crippen MR) is 86.1 cm³/mol. The molecule has 1 N–H and O–H groups in total. The van der Waals surface area contributed by atoms with Gasteiger partial charge in [0.1, 0.15) is 0 Å². The maximum atomic E-state index is 4.30. The predicted octanol–water partition coefficient (Wildman–Crippen LogP) is 3.99. The fourth-order valence-electron chi connectivity index (χ4n) is 2.06. The van der Waals surface area contributed by atoms with Crippen LogP contribution in [-0.2, 0) is 13.1 Å². The number of thiophene rings is 1. The SMILES string of the molecule is Brc1ccsc1CNCc1ccccc1-n1cccn1.